The predicted molar refractivity (Wildman–Crippen MR) is 125 cm³/mol. The van der Waals surface area contributed by atoms with Crippen molar-refractivity contribution in [2.24, 2.45) is 0 Å². The standard InChI is InChI=1S/C23H25N5O3S/c1-12(2)14-4-3-5-15(10-14)24-17(29)11-32-22-18-20(25-19(26-22)13-6-7-13)28(16-8-9-16)23(31)27-21(18)30/h3-5,10,12-13,16H,6-9,11H2,1-2H3,(H,24,29)(H,27,30,31). The summed E-state index contributed by atoms with van der Waals surface area (Å²) >= 11 is 1.21. The normalized spacial score (nSPS) is 16.0. The number of thioether (sulfide) groups is 1. The van der Waals surface area contributed by atoms with Crippen LogP contribution >= 0.6 is 11.8 Å². The molecule has 2 fully saturated rings. The highest BCUT2D eigenvalue weighted by Crippen LogP contribution is 2.40. The fourth-order valence-electron chi connectivity index (χ4n) is 3.74. The van der Waals surface area contributed by atoms with Gasteiger partial charge in [-0.05, 0) is 49.3 Å². The van der Waals surface area contributed by atoms with E-state index in [0.717, 1.165) is 36.9 Å². The molecular formula is C23H25N5O3S. The number of benzene rings is 1. The summed E-state index contributed by atoms with van der Waals surface area (Å²) in [6, 6.07) is 7.86. The Hall–Kier alpha value is -2.94. The number of hydrogen-bond donors (Lipinski definition) is 2. The summed E-state index contributed by atoms with van der Waals surface area (Å²) < 4.78 is 1.59. The number of aromatic nitrogens is 4. The average molecular weight is 452 g/mol. The first-order chi connectivity index (χ1) is 15.4. The molecule has 0 atom stereocenters. The lowest BCUT2D eigenvalue weighted by atomic mass is 10.0. The van der Waals surface area contributed by atoms with Crippen LogP contribution in [-0.4, -0.2) is 31.2 Å². The van der Waals surface area contributed by atoms with Gasteiger partial charge in [0, 0.05) is 17.6 Å². The van der Waals surface area contributed by atoms with Crippen LogP contribution in [0.5, 0.6) is 0 Å². The summed E-state index contributed by atoms with van der Waals surface area (Å²) in [7, 11) is 0. The molecule has 0 spiro atoms. The molecule has 2 N–H and O–H groups in total. The molecule has 2 saturated carbocycles. The molecule has 0 radical (unpaired) electrons. The Morgan fingerprint density at radius 1 is 1.22 bits per heavy atom. The van der Waals surface area contributed by atoms with Crippen molar-refractivity contribution >= 4 is 34.4 Å². The highest BCUT2D eigenvalue weighted by atomic mass is 32.2. The molecule has 3 aromatic rings. The van der Waals surface area contributed by atoms with E-state index in [1.165, 1.54) is 11.8 Å². The molecule has 32 heavy (non-hydrogen) atoms. The third kappa shape index (κ3) is 4.21. The summed E-state index contributed by atoms with van der Waals surface area (Å²) in [5.74, 6) is 1.20. The number of H-pyrrole nitrogens is 1. The van der Waals surface area contributed by atoms with Crippen molar-refractivity contribution in [1.82, 2.24) is 19.5 Å². The van der Waals surface area contributed by atoms with Gasteiger partial charge in [0.25, 0.3) is 5.56 Å². The van der Waals surface area contributed by atoms with Gasteiger partial charge in [0.05, 0.1) is 5.75 Å². The van der Waals surface area contributed by atoms with Crippen LogP contribution in [0.1, 0.15) is 68.8 Å². The molecule has 0 unspecified atom stereocenters. The molecule has 5 rings (SSSR count). The number of aromatic amines is 1. The van der Waals surface area contributed by atoms with Crippen LogP contribution in [0.25, 0.3) is 11.0 Å². The van der Waals surface area contributed by atoms with Gasteiger partial charge >= 0.3 is 5.69 Å². The fourth-order valence-corrected chi connectivity index (χ4v) is 4.57. The first kappa shape index (κ1) is 20.9. The quantitative estimate of drug-likeness (QED) is 0.420. The molecule has 2 aliphatic rings. The summed E-state index contributed by atoms with van der Waals surface area (Å²) in [5.41, 5.74) is 1.36. The predicted octanol–water partition coefficient (Wildman–Crippen LogP) is 3.55. The maximum Gasteiger partial charge on any atom is 0.330 e. The minimum atomic E-state index is -0.503. The van der Waals surface area contributed by atoms with Gasteiger partial charge in [-0.15, -0.1) is 0 Å². The van der Waals surface area contributed by atoms with E-state index in [1.807, 2.05) is 24.3 Å². The average Bonchev–Trinajstić information content (AvgIpc) is 3.65. The Morgan fingerprint density at radius 2 is 2.00 bits per heavy atom. The molecule has 166 valence electrons. The smallest absolute Gasteiger partial charge is 0.325 e. The summed E-state index contributed by atoms with van der Waals surface area (Å²) in [4.78, 5) is 49.4. The van der Waals surface area contributed by atoms with Crippen molar-refractivity contribution in [2.45, 2.75) is 62.4 Å². The van der Waals surface area contributed by atoms with Gasteiger partial charge in [-0.2, -0.15) is 0 Å². The van der Waals surface area contributed by atoms with Crippen molar-refractivity contribution < 1.29 is 4.79 Å². The summed E-state index contributed by atoms with van der Waals surface area (Å²) in [5, 5.41) is 3.67. The minimum Gasteiger partial charge on any atom is -0.325 e. The zero-order valence-corrected chi connectivity index (χ0v) is 18.9. The number of hydrogen-bond acceptors (Lipinski definition) is 6. The summed E-state index contributed by atoms with van der Waals surface area (Å²) in [6.45, 7) is 4.21. The van der Waals surface area contributed by atoms with Crippen molar-refractivity contribution in [2.75, 3.05) is 11.1 Å². The highest BCUT2D eigenvalue weighted by molar-refractivity contribution is 8.00. The van der Waals surface area contributed by atoms with E-state index in [-0.39, 0.29) is 23.6 Å². The molecule has 2 heterocycles. The second kappa shape index (κ2) is 8.20. The number of carbonyl (C=O) groups is 1. The van der Waals surface area contributed by atoms with Crippen LogP contribution in [0, 0.1) is 0 Å². The van der Waals surface area contributed by atoms with Gasteiger partial charge in [0.15, 0.2) is 5.65 Å². The fraction of sp³-hybridized carbons (Fsp3) is 0.435. The van der Waals surface area contributed by atoms with Crippen LogP contribution in [-0.2, 0) is 4.79 Å². The van der Waals surface area contributed by atoms with Crippen LogP contribution in [0.2, 0.25) is 0 Å². The van der Waals surface area contributed by atoms with Gasteiger partial charge in [-0.1, -0.05) is 37.7 Å². The minimum absolute atomic E-state index is 0.0678. The molecule has 9 heteroatoms. The van der Waals surface area contributed by atoms with Gasteiger partial charge in [-0.3, -0.25) is 19.1 Å². The number of amides is 1. The highest BCUT2D eigenvalue weighted by Gasteiger charge is 2.32. The molecular weight excluding hydrogens is 426 g/mol. The van der Waals surface area contributed by atoms with E-state index in [1.54, 1.807) is 4.57 Å². The number of fused-ring (bicyclic) bond motifs is 1. The van der Waals surface area contributed by atoms with E-state index in [0.29, 0.717) is 27.8 Å². The Kier molecular flexibility index (Phi) is 5.36. The molecule has 2 aliphatic carbocycles. The maximum atomic E-state index is 12.7. The molecule has 0 saturated heterocycles. The first-order valence-corrected chi connectivity index (χ1v) is 12.0. The monoisotopic (exact) mass is 451 g/mol. The van der Waals surface area contributed by atoms with Gasteiger partial charge in [0.2, 0.25) is 5.91 Å². The molecule has 0 bridgehead atoms. The zero-order chi connectivity index (χ0) is 22.4. The van der Waals surface area contributed by atoms with Gasteiger partial charge in [-0.25, -0.2) is 14.8 Å². The van der Waals surface area contributed by atoms with Crippen LogP contribution in [0.15, 0.2) is 38.9 Å². The maximum absolute atomic E-state index is 12.7. The molecule has 1 aromatic carbocycles. The molecule has 8 nitrogen and oxygen atoms in total. The van der Waals surface area contributed by atoms with Gasteiger partial charge < -0.3 is 5.32 Å². The van der Waals surface area contributed by atoms with Crippen molar-refractivity contribution in [3.63, 3.8) is 0 Å². The second-order valence-corrected chi connectivity index (χ2v) is 9.80. The number of carbonyl (C=O) groups excluding carboxylic acids is 1. The Morgan fingerprint density at radius 3 is 2.69 bits per heavy atom. The van der Waals surface area contributed by atoms with Gasteiger partial charge in [0.1, 0.15) is 16.2 Å². The zero-order valence-electron chi connectivity index (χ0n) is 18.1. The van der Waals surface area contributed by atoms with Crippen LogP contribution in [0.3, 0.4) is 0 Å². The lowest BCUT2D eigenvalue weighted by molar-refractivity contribution is -0.113. The first-order valence-electron chi connectivity index (χ1n) is 11.0. The Bertz CT molecular complexity index is 1320. The lowest BCUT2D eigenvalue weighted by Crippen LogP contribution is -2.31. The van der Waals surface area contributed by atoms with Crippen molar-refractivity contribution in [1.29, 1.82) is 0 Å². The van der Waals surface area contributed by atoms with Crippen LogP contribution < -0.4 is 16.6 Å². The number of rotatable bonds is 7. The van der Waals surface area contributed by atoms with E-state index >= 15 is 0 Å². The number of nitrogens with one attached hydrogen (secondary N) is 2. The SMILES string of the molecule is CC(C)c1cccc(NC(=O)CSc2nc(C3CC3)nc3c2c(=O)[nH]c(=O)n3C2CC2)c1. The topological polar surface area (TPSA) is 110 Å². The molecule has 1 amide bonds. The molecule has 0 aliphatic heterocycles. The van der Waals surface area contributed by atoms with E-state index in [9.17, 15) is 14.4 Å². The lowest BCUT2D eigenvalue weighted by Gasteiger charge is -2.12. The molecule has 2 aromatic heterocycles. The number of nitrogens with zero attached hydrogens (tertiary/aromatic N) is 3. The number of anilines is 1. The van der Waals surface area contributed by atoms with E-state index in [4.69, 9.17) is 0 Å². The van der Waals surface area contributed by atoms with E-state index < -0.39 is 11.2 Å². The second-order valence-electron chi connectivity index (χ2n) is 8.84. The van der Waals surface area contributed by atoms with Crippen LogP contribution in [0.4, 0.5) is 5.69 Å². The summed E-state index contributed by atoms with van der Waals surface area (Å²) in [6.07, 6.45) is 3.78. The van der Waals surface area contributed by atoms with Crippen molar-refractivity contribution in [3.8, 4) is 0 Å². The third-order valence-electron chi connectivity index (χ3n) is 5.80. The van der Waals surface area contributed by atoms with E-state index in [2.05, 4.69) is 34.1 Å². The Balaban J connectivity index is 1.44. The largest absolute Gasteiger partial charge is 0.330 e. The third-order valence-corrected chi connectivity index (χ3v) is 6.78. The Labute approximate surface area is 188 Å². The van der Waals surface area contributed by atoms with Crippen molar-refractivity contribution in [3.05, 3.63) is 56.5 Å².